The molecule has 0 aliphatic rings. The lowest BCUT2D eigenvalue weighted by Crippen LogP contribution is -2.33. The Bertz CT molecular complexity index is 901. The molecule has 0 saturated heterocycles. The minimum absolute atomic E-state index is 0.0227. The highest BCUT2D eigenvalue weighted by Crippen LogP contribution is 2.23. The summed E-state index contributed by atoms with van der Waals surface area (Å²) < 4.78 is 26.8. The van der Waals surface area contributed by atoms with Crippen molar-refractivity contribution in [3.63, 3.8) is 0 Å². The molecule has 140 valence electrons. The third-order valence-electron chi connectivity index (χ3n) is 3.90. The van der Waals surface area contributed by atoms with Gasteiger partial charge in [0.2, 0.25) is 15.9 Å². The molecule has 0 aliphatic carbocycles. The van der Waals surface area contributed by atoms with E-state index in [1.165, 1.54) is 18.2 Å². The van der Waals surface area contributed by atoms with Gasteiger partial charge >= 0.3 is 0 Å². The molecule has 26 heavy (non-hydrogen) atoms. The molecule has 0 heterocycles. The van der Waals surface area contributed by atoms with Gasteiger partial charge in [-0.3, -0.25) is 4.79 Å². The molecule has 7 heteroatoms. The molecule has 2 N–H and O–H groups in total. The van der Waals surface area contributed by atoms with Crippen molar-refractivity contribution in [2.45, 2.75) is 38.0 Å². The van der Waals surface area contributed by atoms with E-state index in [1.54, 1.807) is 19.1 Å². The van der Waals surface area contributed by atoms with Gasteiger partial charge in [-0.25, -0.2) is 13.1 Å². The number of rotatable bonds is 5. The molecule has 0 bridgehead atoms. The van der Waals surface area contributed by atoms with Crippen LogP contribution in [0.5, 0.6) is 0 Å². The van der Waals surface area contributed by atoms with Gasteiger partial charge in [0, 0.05) is 10.7 Å². The average Bonchev–Trinajstić information content (AvgIpc) is 2.55. The van der Waals surface area contributed by atoms with Crippen molar-refractivity contribution < 1.29 is 13.2 Å². The summed E-state index contributed by atoms with van der Waals surface area (Å²) in [6, 6.07) is 11.9. The van der Waals surface area contributed by atoms with Crippen molar-refractivity contribution in [3.8, 4) is 0 Å². The first kappa shape index (κ1) is 20.4. The van der Waals surface area contributed by atoms with Gasteiger partial charge in [-0.2, -0.15) is 0 Å². The Morgan fingerprint density at radius 2 is 1.69 bits per heavy atom. The second kappa shape index (κ2) is 7.78. The minimum atomic E-state index is -3.78. The predicted molar refractivity (Wildman–Crippen MR) is 105 cm³/mol. The van der Waals surface area contributed by atoms with Gasteiger partial charge in [0.1, 0.15) is 0 Å². The lowest BCUT2D eigenvalue weighted by atomic mass is 9.87. The molecule has 0 atom stereocenters. The molecule has 0 unspecified atom stereocenters. The number of amides is 1. The smallest absolute Gasteiger partial charge is 0.241 e. The van der Waals surface area contributed by atoms with Crippen molar-refractivity contribution in [2.75, 3.05) is 11.9 Å². The maximum atomic E-state index is 12.3. The predicted octanol–water partition coefficient (Wildman–Crippen LogP) is 3.86. The topological polar surface area (TPSA) is 75.3 Å². The fraction of sp³-hybridized carbons (Fsp3) is 0.316. The van der Waals surface area contributed by atoms with Crippen molar-refractivity contribution in [1.82, 2.24) is 4.72 Å². The molecular formula is C19H23ClN2O3S. The number of carbonyl (C=O) groups is 1. The number of sulfonamides is 1. The van der Waals surface area contributed by atoms with E-state index in [-0.39, 0.29) is 16.9 Å². The Kier molecular flexibility index (Phi) is 6.11. The Morgan fingerprint density at radius 1 is 1.08 bits per heavy atom. The molecule has 1 amide bonds. The van der Waals surface area contributed by atoms with Crippen LogP contribution in [-0.2, 0) is 20.2 Å². The molecule has 0 spiro atoms. The Morgan fingerprint density at radius 3 is 2.23 bits per heavy atom. The van der Waals surface area contributed by atoms with Crippen LogP contribution in [0.2, 0.25) is 5.02 Å². The number of anilines is 1. The quantitative estimate of drug-likeness (QED) is 0.808. The summed E-state index contributed by atoms with van der Waals surface area (Å²) in [6.07, 6.45) is 0. The summed E-state index contributed by atoms with van der Waals surface area (Å²) in [5, 5.41) is 3.16. The van der Waals surface area contributed by atoms with Crippen LogP contribution in [0.1, 0.15) is 31.9 Å². The van der Waals surface area contributed by atoms with Gasteiger partial charge < -0.3 is 5.32 Å². The largest absolute Gasteiger partial charge is 0.325 e. The van der Waals surface area contributed by atoms with Gasteiger partial charge in [0.25, 0.3) is 0 Å². The van der Waals surface area contributed by atoms with E-state index in [4.69, 9.17) is 11.6 Å². The number of carbonyl (C=O) groups excluding carboxylic acids is 1. The van der Waals surface area contributed by atoms with Crippen LogP contribution in [0.15, 0.2) is 47.4 Å². The molecule has 0 saturated carbocycles. The Hall–Kier alpha value is -1.89. The molecule has 0 aliphatic heterocycles. The summed E-state index contributed by atoms with van der Waals surface area (Å²) in [6.45, 7) is 7.68. The third kappa shape index (κ3) is 5.30. The molecule has 0 fully saturated rings. The van der Waals surface area contributed by atoms with E-state index in [1.807, 2.05) is 12.1 Å². The molecular weight excluding hydrogens is 372 g/mol. The Labute approximate surface area is 159 Å². The highest BCUT2D eigenvalue weighted by atomic mass is 35.5. The van der Waals surface area contributed by atoms with Crippen molar-refractivity contribution in [1.29, 1.82) is 0 Å². The maximum absolute atomic E-state index is 12.3. The van der Waals surface area contributed by atoms with E-state index in [0.717, 1.165) is 5.56 Å². The lowest BCUT2D eigenvalue weighted by Gasteiger charge is -2.19. The number of benzene rings is 2. The molecule has 0 radical (unpaired) electrons. The standard InChI is InChI=1S/C19H23ClN2O3S/c1-13-11-16(9-10-17(13)20)26(24,25)21-12-18(23)22-15-7-5-14(6-8-15)19(2,3)4/h5-11,21H,12H2,1-4H3,(H,22,23). The lowest BCUT2D eigenvalue weighted by molar-refractivity contribution is -0.115. The van der Waals surface area contributed by atoms with Crippen LogP contribution in [0.25, 0.3) is 0 Å². The summed E-state index contributed by atoms with van der Waals surface area (Å²) in [5.74, 6) is -0.442. The average molecular weight is 395 g/mol. The van der Waals surface area contributed by atoms with Crippen LogP contribution in [0.3, 0.4) is 0 Å². The number of hydrogen-bond donors (Lipinski definition) is 2. The zero-order valence-electron chi connectivity index (χ0n) is 15.3. The van der Waals surface area contributed by atoms with Gasteiger partial charge in [0.15, 0.2) is 0 Å². The Balaban J connectivity index is 1.98. The number of halogens is 1. The molecule has 5 nitrogen and oxygen atoms in total. The third-order valence-corrected chi connectivity index (χ3v) is 5.72. The molecule has 2 aromatic rings. The van der Waals surface area contributed by atoms with Crippen molar-refractivity contribution in [3.05, 3.63) is 58.6 Å². The summed E-state index contributed by atoms with van der Waals surface area (Å²) in [4.78, 5) is 12.1. The first-order valence-corrected chi connectivity index (χ1v) is 10.0. The zero-order valence-corrected chi connectivity index (χ0v) is 16.8. The summed E-state index contributed by atoms with van der Waals surface area (Å²) in [5.41, 5.74) is 2.44. The normalized spacial score (nSPS) is 12.0. The van der Waals surface area contributed by atoms with Crippen molar-refractivity contribution >= 4 is 33.2 Å². The number of nitrogens with one attached hydrogen (secondary N) is 2. The monoisotopic (exact) mass is 394 g/mol. The first-order valence-electron chi connectivity index (χ1n) is 8.15. The minimum Gasteiger partial charge on any atom is -0.325 e. The van der Waals surface area contributed by atoms with Crippen LogP contribution in [-0.4, -0.2) is 20.9 Å². The maximum Gasteiger partial charge on any atom is 0.241 e. The fourth-order valence-corrected chi connectivity index (χ4v) is 3.47. The van der Waals surface area contributed by atoms with Crippen LogP contribution in [0, 0.1) is 6.92 Å². The first-order chi connectivity index (χ1) is 12.0. The molecule has 2 aromatic carbocycles. The van der Waals surface area contributed by atoms with Crippen LogP contribution >= 0.6 is 11.6 Å². The summed E-state index contributed by atoms with van der Waals surface area (Å²) >= 11 is 5.91. The molecule has 2 rings (SSSR count). The zero-order chi connectivity index (χ0) is 19.5. The highest BCUT2D eigenvalue weighted by Gasteiger charge is 2.17. The van der Waals surface area contributed by atoms with E-state index >= 15 is 0 Å². The van der Waals surface area contributed by atoms with Gasteiger partial charge in [-0.05, 0) is 53.8 Å². The SMILES string of the molecule is Cc1cc(S(=O)(=O)NCC(=O)Nc2ccc(C(C)(C)C)cc2)ccc1Cl. The van der Waals surface area contributed by atoms with Crippen LogP contribution < -0.4 is 10.0 Å². The number of hydrogen-bond acceptors (Lipinski definition) is 3. The van der Waals surface area contributed by atoms with Crippen LogP contribution in [0.4, 0.5) is 5.69 Å². The second-order valence-electron chi connectivity index (χ2n) is 7.11. The van der Waals surface area contributed by atoms with E-state index in [9.17, 15) is 13.2 Å². The highest BCUT2D eigenvalue weighted by molar-refractivity contribution is 7.89. The van der Waals surface area contributed by atoms with E-state index in [2.05, 4.69) is 30.8 Å². The summed E-state index contributed by atoms with van der Waals surface area (Å²) in [7, 11) is -3.78. The van der Waals surface area contributed by atoms with E-state index in [0.29, 0.717) is 16.3 Å². The second-order valence-corrected chi connectivity index (χ2v) is 9.29. The van der Waals surface area contributed by atoms with Gasteiger partial charge in [-0.15, -0.1) is 0 Å². The van der Waals surface area contributed by atoms with Gasteiger partial charge in [0.05, 0.1) is 11.4 Å². The van der Waals surface area contributed by atoms with E-state index < -0.39 is 15.9 Å². The molecule has 0 aromatic heterocycles. The van der Waals surface area contributed by atoms with Gasteiger partial charge in [-0.1, -0.05) is 44.5 Å². The van der Waals surface area contributed by atoms with Crippen molar-refractivity contribution in [2.24, 2.45) is 0 Å². The fourth-order valence-electron chi connectivity index (χ4n) is 2.29. The number of aryl methyl sites for hydroxylation is 1.